The second-order valence-electron chi connectivity index (χ2n) is 7.27. The maximum absolute atomic E-state index is 12.9. The van der Waals surface area contributed by atoms with Gasteiger partial charge < -0.3 is 5.32 Å². The van der Waals surface area contributed by atoms with Gasteiger partial charge in [0.1, 0.15) is 5.69 Å². The lowest BCUT2D eigenvalue weighted by atomic mass is 9.95. The quantitative estimate of drug-likeness (QED) is 0.801. The molecule has 2 amide bonds. The molecule has 0 saturated carbocycles. The number of fused-ring (bicyclic) bond motifs is 1. The Bertz CT molecular complexity index is 1050. The molecule has 0 saturated heterocycles. The third-order valence-electron chi connectivity index (χ3n) is 4.70. The molecule has 2 aromatic rings. The molecule has 0 radical (unpaired) electrons. The molecule has 0 bridgehead atoms. The second-order valence-corrected chi connectivity index (χ2v) is 7.27. The van der Waals surface area contributed by atoms with E-state index in [1.165, 1.54) is 13.0 Å². The first-order chi connectivity index (χ1) is 13.2. The highest BCUT2D eigenvalue weighted by atomic mass is 16.2. The van der Waals surface area contributed by atoms with E-state index in [0.717, 1.165) is 5.57 Å². The van der Waals surface area contributed by atoms with Gasteiger partial charge in [-0.15, -0.1) is 0 Å². The predicted molar refractivity (Wildman–Crippen MR) is 106 cm³/mol. The number of allylic oxidation sites excluding steroid dienone is 1. The molecule has 0 aliphatic carbocycles. The number of rotatable bonds is 5. The Morgan fingerprint density at radius 2 is 2.00 bits per heavy atom. The highest BCUT2D eigenvalue weighted by molar-refractivity contribution is 6.09. The van der Waals surface area contributed by atoms with Gasteiger partial charge in [-0.1, -0.05) is 5.57 Å². The van der Waals surface area contributed by atoms with E-state index >= 15 is 0 Å². The Morgan fingerprint density at radius 1 is 1.29 bits per heavy atom. The molecule has 146 valence electrons. The highest BCUT2D eigenvalue weighted by Gasteiger charge is 2.25. The van der Waals surface area contributed by atoms with E-state index in [1.807, 2.05) is 26.8 Å². The lowest BCUT2D eigenvalue weighted by Gasteiger charge is -2.19. The lowest BCUT2D eigenvalue weighted by molar-refractivity contribution is -0.120. The smallest absolute Gasteiger partial charge is 0.254 e. The van der Waals surface area contributed by atoms with Crippen LogP contribution < -0.4 is 5.32 Å². The summed E-state index contributed by atoms with van der Waals surface area (Å²) in [6, 6.07) is 1.50. The van der Waals surface area contributed by atoms with Crippen molar-refractivity contribution in [2.75, 3.05) is 6.54 Å². The summed E-state index contributed by atoms with van der Waals surface area (Å²) in [6.07, 6.45) is 3.41. The topological polar surface area (TPSA) is 106 Å². The van der Waals surface area contributed by atoms with Crippen molar-refractivity contribution < 1.29 is 14.4 Å². The number of pyridine rings is 1. The molecule has 1 N–H and O–H groups in total. The predicted octanol–water partition coefficient (Wildman–Crippen LogP) is 2.51. The second kappa shape index (κ2) is 7.46. The molecule has 1 atom stereocenters. The van der Waals surface area contributed by atoms with Crippen molar-refractivity contribution in [3.8, 4) is 0 Å². The number of Topliss-reactive ketones (excluding diaryl/α,β-unsaturated/α-hetero) is 1. The van der Waals surface area contributed by atoms with Crippen LogP contribution in [0.25, 0.3) is 11.0 Å². The number of nitrogens with one attached hydrogen (secondary N) is 1. The van der Waals surface area contributed by atoms with Gasteiger partial charge in [0, 0.05) is 25.2 Å². The first-order valence-corrected chi connectivity index (χ1v) is 9.13. The van der Waals surface area contributed by atoms with Gasteiger partial charge in [-0.25, -0.2) is 14.7 Å². The largest absolute Gasteiger partial charge is 0.351 e. The average molecular weight is 381 g/mol. The van der Waals surface area contributed by atoms with Gasteiger partial charge >= 0.3 is 0 Å². The van der Waals surface area contributed by atoms with Crippen molar-refractivity contribution in [3.63, 3.8) is 0 Å². The van der Waals surface area contributed by atoms with Crippen LogP contribution in [0.2, 0.25) is 0 Å². The average Bonchev–Trinajstić information content (AvgIpc) is 3.03. The zero-order valence-electron chi connectivity index (χ0n) is 16.6. The summed E-state index contributed by atoms with van der Waals surface area (Å²) in [5.41, 5.74) is 2.51. The summed E-state index contributed by atoms with van der Waals surface area (Å²) < 4.78 is 1.67. The molecule has 3 heterocycles. The molecule has 28 heavy (non-hydrogen) atoms. The summed E-state index contributed by atoms with van der Waals surface area (Å²) in [7, 11) is 0. The van der Waals surface area contributed by atoms with E-state index < -0.39 is 5.92 Å². The standard InChI is InChI=1S/C20H23N5O3/c1-10(2)25-18-16(9-22-25)14(7-17(24-18)13(5)26)19(27)21-8-15-11(3)6-12(4)23-20(15)28/h6-7,9-10,15H,8H2,1-5H3,(H,21,27). The monoisotopic (exact) mass is 381 g/mol. The number of dihydropyridines is 1. The number of hydrogen-bond acceptors (Lipinski definition) is 5. The summed E-state index contributed by atoms with van der Waals surface area (Å²) in [4.78, 5) is 45.3. The van der Waals surface area contributed by atoms with Gasteiger partial charge in [0.05, 0.1) is 23.1 Å². The zero-order chi connectivity index (χ0) is 20.6. The number of carbonyl (C=O) groups excluding carboxylic acids is 3. The fourth-order valence-electron chi connectivity index (χ4n) is 3.21. The maximum Gasteiger partial charge on any atom is 0.254 e. The number of ketones is 1. The van der Waals surface area contributed by atoms with E-state index in [0.29, 0.717) is 22.3 Å². The Labute approximate surface area is 162 Å². The van der Waals surface area contributed by atoms with Crippen molar-refractivity contribution in [2.45, 2.75) is 40.7 Å². The van der Waals surface area contributed by atoms with Gasteiger partial charge in [0.25, 0.3) is 11.8 Å². The van der Waals surface area contributed by atoms with Crippen LogP contribution in [0.15, 0.2) is 28.9 Å². The molecule has 8 heteroatoms. The number of nitrogens with zero attached hydrogens (tertiary/aromatic N) is 4. The van der Waals surface area contributed by atoms with E-state index in [9.17, 15) is 14.4 Å². The number of aliphatic imine (C=N–C) groups is 1. The molecule has 1 unspecified atom stereocenters. The van der Waals surface area contributed by atoms with Crippen LogP contribution in [0.4, 0.5) is 0 Å². The van der Waals surface area contributed by atoms with Crippen LogP contribution in [-0.2, 0) is 4.79 Å². The van der Waals surface area contributed by atoms with Crippen molar-refractivity contribution in [1.29, 1.82) is 0 Å². The Hall–Kier alpha value is -3.16. The van der Waals surface area contributed by atoms with Crippen LogP contribution in [-0.4, -0.2) is 44.6 Å². The third kappa shape index (κ3) is 3.62. The molecule has 2 aromatic heterocycles. The Balaban J connectivity index is 1.92. The van der Waals surface area contributed by atoms with Crippen LogP contribution >= 0.6 is 0 Å². The number of carbonyl (C=O) groups is 3. The Morgan fingerprint density at radius 3 is 2.61 bits per heavy atom. The van der Waals surface area contributed by atoms with Crippen molar-refractivity contribution >= 4 is 34.3 Å². The van der Waals surface area contributed by atoms with Gasteiger partial charge in [-0.05, 0) is 39.8 Å². The van der Waals surface area contributed by atoms with Crippen molar-refractivity contribution in [1.82, 2.24) is 20.1 Å². The molecule has 0 aromatic carbocycles. The van der Waals surface area contributed by atoms with Crippen LogP contribution in [0.1, 0.15) is 61.5 Å². The zero-order valence-corrected chi connectivity index (χ0v) is 16.6. The van der Waals surface area contributed by atoms with E-state index in [1.54, 1.807) is 17.8 Å². The normalized spacial score (nSPS) is 16.9. The van der Waals surface area contributed by atoms with Crippen LogP contribution in [0.5, 0.6) is 0 Å². The first-order valence-electron chi connectivity index (χ1n) is 9.13. The molecule has 8 nitrogen and oxygen atoms in total. The minimum absolute atomic E-state index is 0.0249. The van der Waals surface area contributed by atoms with E-state index in [-0.39, 0.29) is 35.9 Å². The number of hydrogen-bond donors (Lipinski definition) is 1. The molecule has 0 spiro atoms. The van der Waals surface area contributed by atoms with Crippen molar-refractivity contribution in [2.24, 2.45) is 10.9 Å². The summed E-state index contributed by atoms with van der Waals surface area (Å²) >= 11 is 0. The minimum Gasteiger partial charge on any atom is -0.351 e. The molecule has 0 fully saturated rings. The highest BCUT2D eigenvalue weighted by Crippen LogP contribution is 2.22. The van der Waals surface area contributed by atoms with Crippen molar-refractivity contribution in [3.05, 3.63) is 35.2 Å². The van der Waals surface area contributed by atoms with Crippen LogP contribution in [0.3, 0.4) is 0 Å². The fraction of sp³-hybridized carbons (Fsp3) is 0.400. The van der Waals surface area contributed by atoms with Gasteiger partial charge in [-0.3, -0.25) is 14.4 Å². The van der Waals surface area contributed by atoms with E-state index in [2.05, 4.69) is 20.4 Å². The minimum atomic E-state index is -0.490. The molecular formula is C20H23N5O3. The summed E-state index contributed by atoms with van der Waals surface area (Å²) in [5.74, 6) is -1.38. The van der Waals surface area contributed by atoms with E-state index in [4.69, 9.17) is 0 Å². The molecular weight excluding hydrogens is 358 g/mol. The Kier molecular flexibility index (Phi) is 5.22. The first kappa shape index (κ1) is 19.6. The fourth-order valence-corrected chi connectivity index (χ4v) is 3.21. The van der Waals surface area contributed by atoms with Gasteiger partial charge in [0.2, 0.25) is 0 Å². The number of aromatic nitrogens is 3. The third-order valence-corrected chi connectivity index (χ3v) is 4.70. The van der Waals surface area contributed by atoms with Gasteiger partial charge in [0.15, 0.2) is 11.4 Å². The number of amides is 2. The summed E-state index contributed by atoms with van der Waals surface area (Å²) in [5, 5.41) is 7.66. The van der Waals surface area contributed by atoms with Gasteiger partial charge in [-0.2, -0.15) is 5.10 Å². The molecule has 1 aliphatic rings. The SMILES string of the molecule is CC(=O)c1cc(C(=O)NCC2C(=O)N=C(C)C=C2C)c2cnn(C(C)C)c2n1. The van der Waals surface area contributed by atoms with Crippen LogP contribution in [0, 0.1) is 5.92 Å². The molecule has 1 aliphatic heterocycles. The summed E-state index contributed by atoms with van der Waals surface area (Å²) in [6.45, 7) is 9.04. The lowest BCUT2D eigenvalue weighted by Crippen LogP contribution is -2.34. The maximum atomic E-state index is 12.9. The molecule has 3 rings (SSSR count).